The molecule has 0 N–H and O–H groups in total. The normalized spacial score (nSPS) is 30.5. The smallest absolute Gasteiger partial charge is 0.0640 e. The Morgan fingerprint density at radius 1 is 1.36 bits per heavy atom. The van der Waals surface area contributed by atoms with E-state index in [0.29, 0.717) is 12.0 Å². The van der Waals surface area contributed by atoms with E-state index in [4.69, 9.17) is 9.47 Å². The van der Waals surface area contributed by atoms with Crippen LogP contribution in [-0.4, -0.2) is 26.4 Å². The predicted molar refractivity (Wildman–Crippen MR) is 46.7 cm³/mol. The van der Waals surface area contributed by atoms with E-state index in [-0.39, 0.29) is 0 Å². The summed E-state index contributed by atoms with van der Waals surface area (Å²) in [7, 11) is 1.77. The molecule has 11 heavy (non-hydrogen) atoms. The van der Waals surface area contributed by atoms with Gasteiger partial charge in [0.2, 0.25) is 0 Å². The molecular weight excluding hydrogens is 140 g/mol. The molecule has 0 spiro atoms. The second-order valence-corrected chi connectivity index (χ2v) is 2.62. The monoisotopic (exact) mass is 160 g/mol. The van der Waals surface area contributed by atoms with Crippen LogP contribution in [0, 0.1) is 5.92 Å². The van der Waals surface area contributed by atoms with Gasteiger partial charge < -0.3 is 9.47 Å². The highest BCUT2D eigenvalue weighted by Crippen LogP contribution is 2.15. The van der Waals surface area contributed by atoms with Crippen LogP contribution < -0.4 is 0 Å². The van der Waals surface area contributed by atoms with Crippen LogP contribution in [0.2, 0.25) is 0 Å². The summed E-state index contributed by atoms with van der Waals surface area (Å²) >= 11 is 0. The van der Waals surface area contributed by atoms with Gasteiger partial charge in [-0.1, -0.05) is 20.8 Å². The Balaban J connectivity index is 0.000000461. The minimum Gasteiger partial charge on any atom is -0.381 e. The Morgan fingerprint density at radius 2 is 2.00 bits per heavy atom. The van der Waals surface area contributed by atoms with Gasteiger partial charge in [0, 0.05) is 19.6 Å². The maximum Gasteiger partial charge on any atom is 0.0640 e. The molecule has 1 heterocycles. The lowest BCUT2D eigenvalue weighted by Gasteiger charge is -2.27. The molecular formula is C9H20O2. The summed E-state index contributed by atoms with van der Waals surface area (Å²) in [5.74, 6) is 0.573. The first-order valence-corrected chi connectivity index (χ1v) is 4.45. The molecule has 0 bridgehead atoms. The van der Waals surface area contributed by atoms with Gasteiger partial charge in [-0.05, 0) is 6.42 Å². The summed E-state index contributed by atoms with van der Waals surface area (Å²) in [6, 6.07) is 0. The van der Waals surface area contributed by atoms with Crippen molar-refractivity contribution in [2.75, 3.05) is 20.3 Å². The zero-order chi connectivity index (χ0) is 8.69. The summed E-state index contributed by atoms with van der Waals surface area (Å²) in [6.45, 7) is 7.88. The van der Waals surface area contributed by atoms with Crippen molar-refractivity contribution in [2.45, 2.75) is 33.3 Å². The lowest BCUT2D eigenvalue weighted by Crippen LogP contribution is -2.31. The first-order valence-electron chi connectivity index (χ1n) is 4.45. The fourth-order valence-electron chi connectivity index (χ4n) is 1.21. The fraction of sp³-hybridized carbons (Fsp3) is 1.00. The van der Waals surface area contributed by atoms with E-state index in [2.05, 4.69) is 6.92 Å². The lowest BCUT2D eigenvalue weighted by atomic mass is 10.0. The van der Waals surface area contributed by atoms with Crippen LogP contribution >= 0.6 is 0 Å². The number of hydrogen-bond acceptors (Lipinski definition) is 2. The largest absolute Gasteiger partial charge is 0.381 e. The molecule has 0 amide bonds. The Labute approximate surface area is 69.9 Å². The standard InChI is InChI=1S/C7H14O2.C2H6/c1-6-5-9-4-3-7(6)8-2;1-2/h6-7H,3-5H2,1-2H3;1-2H3. The van der Waals surface area contributed by atoms with Crippen LogP contribution in [0.4, 0.5) is 0 Å². The maximum absolute atomic E-state index is 5.23. The molecule has 1 fully saturated rings. The minimum absolute atomic E-state index is 0.429. The SMILES string of the molecule is CC.COC1CCOCC1C. The van der Waals surface area contributed by atoms with Crippen molar-refractivity contribution in [1.29, 1.82) is 0 Å². The fourth-order valence-corrected chi connectivity index (χ4v) is 1.21. The van der Waals surface area contributed by atoms with Crippen LogP contribution in [0.5, 0.6) is 0 Å². The average molecular weight is 160 g/mol. The van der Waals surface area contributed by atoms with Crippen molar-refractivity contribution < 1.29 is 9.47 Å². The number of rotatable bonds is 1. The molecule has 2 atom stereocenters. The van der Waals surface area contributed by atoms with Gasteiger partial charge in [0.1, 0.15) is 0 Å². The minimum atomic E-state index is 0.429. The third kappa shape index (κ3) is 3.73. The predicted octanol–water partition coefficient (Wildman–Crippen LogP) is 2.08. The quantitative estimate of drug-likeness (QED) is 0.584. The second-order valence-electron chi connectivity index (χ2n) is 2.62. The van der Waals surface area contributed by atoms with Crippen molar-refractivity contribution in [3.8, 4) is 0 Å². The molecule has 1 saturated heterocycles. The summed E-state index contributed by atoms with van der Waals surface area (Å²) in [5.41, 5.74) is 0. The Morgan fingerprint density at radius 3 is 2.36 bits per heavy atom. The van der Waals surface area contributed by atoms with Gasteiger partial charge in [0.15, 0.2) is 0 Å². The van der Waals surface area contributed by atoms with Crippen LogP contribution in [0.25, 0.3) is 0 Å². The molecule has 0 aromatic heterocycles. The van der Waals surface area contributed by atoms with Gasteiger partial charge in [-0.15, -0.1) is 0 Å². The molecule has 0 aromatic rings. The third-order valence-electron chi connectivity index (χ3n) is 1.86. The van der Waals surface area contributed by atoms with Crippen molar-refractivity contribution in [3.63, 3.8) is 0 Å². The zero-order valence-electron chi connectivity index (χ0n) is 8.09. The van der Waals surface area contributed by atoms with Gasteiger partial charge in [-0.25, -0.2) is 0 Å². The van der Waals surface area contributed by atoms with E-state index >= 15 is 0 Å². The molecule has 1 aliphatic rings. The Kier molecular flexibility index (Phi) is 6.57. The van der Waals surface area contributed by atoms with Crippen LogP contribution in [0.15, 0.2) is 0 Å². The van der Waals surface area contributed by atoms with Crippen LogP contribution in [0.3, 0.4) is 0 Å². The molecule has 0 aliphatic carbocycles. The van der Waals surface area contributed by atoms with Gasteiger partial charge in [0.05, 0.1) is 12.7 Å². The van der Waals surface area contributed by atoms with E-state index in [0.717, 1.165) is 19.6 Å². The van der Waals surface area contributed by atoms with Crippen molar-refractivity contribution >= 4 is 0 Å². The van der Waals surface area contributed by atoms with Gasteiger partial charge in [-0.2, -0.15) is 0 Å². The molecule has 2 unspecified atom stereocenters. The summed E-state index contributed by atoms with van der Waals surface area (Å²) in [4.78, 5) is 0. The summed E-state index contributed by atoms with van der Waals surface area (Å²) in [6.07, 6.45) is 1.48. The third-order valence-corrected chi connectivity index (χ3v) is 1.86. The average Bonchev–Trinajstić information content (AvgIpc) is 2.09. The zero-order valence-corrected chi connectivity index (χ0v) is 8.09. The highest BCUT2D eigenvalue weighted by atomic mass is 16.5. The molecule has 68 valence electrons. The second kappa shape index (κ2) is 6.62. The van der Waals surface area contributed by atoms with Crippen molar-refractivity contribution in [1.82, 2.24) is 0 Å². The van der Waals surface area contributed by atoms with Crippen molar-refractivity contribution in [2.24, 2.45) is 5.92 Å². The maximum atomic E-state index is 5.23. The highest BCUT2D eigenvalue weighted by Gasteiger charge is 2.20. The Hall–Kier alpha value is -0.0800. The summed E-state index contributed by atoms with van der Waals surface area (Å²) in [5, 5.41) is 0. The van der Waals surface area contributed by atoms with E-state index in [1.807, 2.05) is 13.8 Å². The van der Waals surface area contributed by atoms with Gasteiger partial charge in [-0.3, -0.25) is 0 Å². The van der Waals surface area contributed by atoms with Crippen LogP contribution in [0.1, 0.15) is 27.2 Å². The molecule has 0 radical (unpaired) electrons. The van der Waals surface area contributed by atoms with E-state index in [9.17, 15) is 0 Å². The number of methoxy groups -OCH3 is 1. The van der Waals surface area contributed by atoms with Crippen LogP contribution in [-0.2, 0) is 9.47 Å². The number of hydrogen-bond donors (Lipinski definition) is 0. The molecule has 0 aromatic carbocycles. The topological polar surface area (TPSA) is 18.5 Å². The van der Waals surface area contributed by atoms with Gasteiger partial charge in [0.25, 0.3) is 0 Å². The molecule has 0 saturated carbocycles. The molecule has 2 nitrogen and oxygen atoms in total. The first-order chi connectivity index (χ1) is 5.34. The van der Waals surface area contributed by atoms with E-state index in [1.165, 1.54) is 0 Å². The first kappa shape index (κ1) is 10.9. The van der Waals surface area contributed by atoms with Gasteiger partial charge >= 0.3 is 0 Å². The molecule has 2 heteroatoms. The Bertz CT molecular complexity index is 83.6. The lowest BCUT2D eigenvalue weighted by molar-refractivity contribution is -0.0494. The van der Waals surface area contributed by atoms with Crippen molar-refractivity contribution in [3.05, 3.63) is 0 Å². The summed E-state index contributed by atoms with van der Waals surface area (Å²) < 4.78 is 10.5. The van der Waals surface area contributed by atoms with E-state index in [1.54, 1.807) is 7.11 Å². The molecule has 1 aliphatic heterocycles. The highest BCUT2D eigenvalue weighted by molar-refractivity contribution is 4.69. The molecule has 1 rings (SSSR count). The number of ether oxygens (including phenoxy) is 2. The van der Waals surface area contributed by atoms with E-state index < -0.39 is 0 Å².